The van der Waals surface area contributed by atoms with E-state index in [1.54, 1.807) is 14.2 Å². The SMILES string of the molecule is CCCCCC[Si](CCCCCC)(OC(=O)C(C)(CC)[Si](OC)OC)C(C)C. The molecule has 0 aliphatic heterocycles. The summed E-state index contributed by atoms with van der Waals surface area (Å²) in [6.45, 7) is 13.0. The minimum atomic E-state index is -2.18. The maximum absolute atomic E-state index is 13.4. The van der Waals surface area contributed by atoms with Gasteiger partial charge in [-0.3, -0.25) is 4.79 Å². The van der Waals surface area contributed by atoms with E-state index >= 15 is 0 Å². The van der Waals surface area contributed by atoms with E-state index in [1.807, 2.05) is 13.8 Å². The van der Waals surface area contributed by atoms with Crippen LogP contribution in [-0.2, 0) is 18.1 Å². The molecule has 0 fully saturated rings. The Morgan fingerprint density at radius 2 is 1.36 bits per heavy atom. The smallest absolute Gasteiger partial charge is 0.402 e. The van der Waals surface area contributed by atoms with Crippen molar-refractivity contribution in [2.75, 3.05) is 14.2 Å². The van der Waals surface area contributed by atoms with Crippen molar-refractivity contribution in [2.45, 2.75) is 122 Å². The maximum atomic E-state index is 13.4. The van der Waals surface area contributed by atoms with Crippen LogP contribution in [0, 0.1) is 0 Å². The van der Waals surface area contributed by atoms with Gasteiger partial charge in [-0.1, -0.05) is 86.0 Å². The summed E-state index contributed by atoms with van der Waals surface area (Å²) in [6.07, 6.45) is 10.5. The van der Waals surface area contributed by atoms with Crippen molar-refractivity contribution in [1.29, 1.82) is 0 Å². The zero-order valence-corrected chi connectivity index (χ0v) is 22.0. The normalized spacial score (nSPS) is 14.5. The van der Waals surface area contributed by atoms with Crippen LogP contribution < -0.4 is 0 Å². The Balaban J connectivity index is 5.50. The van der Waals surface area contributed by atoms with E-state index in [2.05, 4.69) is 27.7 Å². The van der Waals surface area contributed by atoms with Gasteiger partial charge in [0.25, 0.3) is 14.3 Å². The summed E-state index contributed by atoms with van der Waals surface area (Å²) in [5.41, 5.74) is 0.432. The molecule has 0 saturated heterocycles. The molecule has 0 N–H and O–H groups in total. The van der Waals surface area contributed by atoms with Gasteiger partial charge in [-0.05, 0) is 31.0 Å². The molecule has 0 aliphatic rings. The zero-order valence-electron chi connectivity index (χ0n) is 20.0. The van der Waals surface area contributed by atoms with Crippen molar-refractivity contribution in [1.82, 2.24) is 0 Å². The Bertz CT molecular complexity index is 401. The van der Waals surface area contributed by atoms with E-state index in [9.17, 15) is 4.79 Å². The van der Waals surface area contributed by atoms with E-state index in [0.717, 1.165) is 12.1 Å². The fourth-order valence-corrected chi connectivity index (χ4v) is 9.64. The molecular weight excluding hydrogens is 384 g/mol. The number of rotatable bonds is 17. The van der Waals surface area contributed by atoms with Gasteiger partial charge in [-0.2, -0.15) is 0 Å². The third kappa shape index (κ3) is 8.29. The average molecular weight is 432 g/mol. The van der Waals surface area contributed by atoms with E-state index in [1.165, 1.54) is 51.4 Å². The minimum Gasteiger partial charge on any atom is -0.518 e. The Hall–Kier alpha value is -0.176. The average Bonchev–Trinajstić information content (AvgIpc) is 2.68. The van der Waals surface area contributed by atoms with Crippen molar-refractivity contribution in [3.63, 3.8) is 0 Å². The van der Waals surface area contributed by atoms with E-state index in [-0.39, 0.29) is 5.97 Å². The predicted octanol–water partition coefficient (Wildman–Crippen LogP) is 7.00. The van der Waals surface area contributed by atoms with E-state index in [4.69, 9.17) is 13.3 Å². The Morgan fingerprint density at radius 3 is 1.68 bits per heavy atom. The number of carbonyl (C=O) groups excluding carboxylic acids is 1. The molecule has 0 aliphatic carbocycles. The van der Waals surface area contributed by atoms with Gasteiger partial charge in [0.15, 0.2) is 0 Å². The molecule has 167 valence electrons. The van der Waals surface area contributed by atoms with Crippen molar-refractivity contribution >= 4 is 23.6 Å². The number of carbonyl (C=O) groups is 1. The minimum absolute atomic E-state index is 0.0843. The largest absolute Gasteiger partial charge is 0.518 e. The van der Waals surface area contributed by atoms with Crippen molar-refractivity contribution < 1.29 is 18.1 Å². The predicted molar refractivity (Wildman–Crippen MR) is 123 cm³/mol. The molecule has 0 aromatic heterocycles. The number of hydrogen-bond acceptors (Lipinski definition) is 4. The molecule has 4 nitrogen and oxygen atoms in total. The second-order valence-corrected chi connectivity index (χ2v) is 15.6. The first-order valence-electron chi connectivity index (χ1n) is 11.5. The molecule has 0 saturated carbocycles. The number of unbranched alkanes of at least 4 members (excludes halogenated alkanes) is 6. The van der Waals surface area contributed by atoms with Gasteiger partial charge in [0.05, 0.1) is 0 Å². The zero-order chi connectivity index (χ0) is 21.6. The van der Waals surface area contributed by atoms with Gasteiger partial charge in [0, 0.05) is 14.2 Å². The summed E-state index contributed by atoms with van der Waals surface area (Å²) in [5.74, 6) is -0.0843. The van der Waals surface area contributed by atoms with Gasteiger partial charge < -0.3 is 13.3 Å². The van der Waals surface area contributed by atoms with Crippen LogP contribution in [-0.4, -0.2) is 37.8 Å². The summed E-state index contributed by atoms with van der Waals surface area (Å²) >= 11 is 0. The van der Waals surface area contributed by atoms with Crippen LogP contribution in [0.25, 0.3) is 0 Å². The van der Waals surface area contributed by atoms with Crippen LogP contribution in [0.4, 0.5) is 0 Å². The molecule has 1 radical (unpaired) electrons. The summed E-state index contributed by atoms with van der Waals surface area (Å²) in [6, 6.07) is 2.18. The lowest BCUT2D eigenvalue weighted by Crippen LogP contribution is -2.49. The second kappa shape index (κ2) is 14.8. The van der Waals surface area contributed by atoms with Gasteiger partial charge in [-0.15, -0.1) is 0 Å². The third-order valence-corrected chi connectivity index (χ3v) is 13.5. The van der Waals surface area contributed by atoms with Gasteiger partial charge in [0.1, 0.15) is 5.04 Å². The van der Waals surface area contributed by atoms with Crippen LogP contribution >= 0.6 is 0 Å². The quantitative estimate of drug-likeness (QED) is 0.184. The van der Waals surface area contributed by atoms with Crippen LogP contribution in [0.2, 0.25) is 22.7 Å². The molecular formula is C22H47O4Si2. The Labute approximate surface area is 178 Å². The van der Waals surface area contributed by atoms with Gasteiger partial charge in [-0.25, -0.2) is 0 Å². The lowest BCUT2D eigenvalue weighted by atomic mass is 10.1. The molecule has 0 amide bonds. The molecule has 0 aromatic carbocycles. The number of hydrogen-bond donors (Lipinski definition) is 0. The molecule has 28 heavy (non-hydrogen) atoms. The first kappa shape index (κ1) is 27.8. The van der Waals surface area contributed by atoms with Crippen molar-refractivity contribution in [3.05, 3.63) is 0 Å². The van der Waals surface area contributed by atoms with Gasteiger partial charge in [0.2, 0.25) is 0 Å². The monoisotopic (exact) mass is 431 g/mol. The highest BCUT2D eigenvalue weighted by atomic mass is 28.4. The molecule has 0 rings (SSSR count). The fourth-order valence-electron chi connectivity index (χ4n) is 3.83. The Morgan fingerprint density at radius 1 is 0.893 bits per heavy atom. The van der Waals surface area contributed by atoms with Gasteiger partial charge >= 0.3 is 9.28 Å². The Kier molecular flexibility index (Phi) is 14.7. The lowest BCUT2D eigenvalue weighted by Gasteiger charge is -2.39. The van der Waals surface area contributed by atoms with Crippen LogP contribution in [0.15, 0.2) is 0 Å². The molecule has 0 aromatic rings. The highest BCUT2D eigenvalue weighted by Crippen LogP contribution is 2.41. The third-order valence-electron chi connectivity index (χ3n) is 6.23. The summed E-state index contributed by atoms with van der Waals surface area (Å²) in [7, 11) is -0.613. The first-order chi connectivity index (χ1) is 13.3. The maximum Gasteiger partial charge on any atom is 0.402 e. The lowest BCUT2D eigenvalue weighted by molar-refractivity contribution is -0.139. The molecule has 6 heteroatoms. The van der Waals surface area contributed by atoms with E-state index < -0.39 is 22.6 Å². The summed E-state index contributed by atoms with van der Waals surface area (Å²) in [5, 5.41) is -0.672. The first-order valence-corrected chi connectivity index (χ1v) is 15.2. The van der Waals surface area contributed by atoms with Crippen LogP contribution in [0.3, 0.4) is 0 Å². The van der Waals surface area contributed by atoms with E-state index in [0.29, 0.717) is 12.0 Å². The standard InChI is InChI=1S/C22H47O4Si2/c1-9-12-14-16-18-28(20(4)5,19-17-15-13-10-2)26-21(23)22(6,11-3)27(24-7)25-8/h20H,9-19H2,1-8H3. The summed E-state index contributed by atoms with van der Waals surface area (Å²) in [4.78, 5) is 13.4. The fraction of sp³-hybridized carbons (Fsp3) is 0.955. The van der Waals surface area contributed by atoms with Crippen LogP contribution in [0.1, 0.15) is 99.3 Å². The topological polar surface area (TPSA) is 44.8 Å². The molecule has 0 heterocycles. The van der Waals surface area contributed by atoms with Crippen LogP contribution in [0.5, 0.6) is 0 Å². The molecule has 0 bridgehead atoms. The molecule has 1 unspecified atom stereocenters. The van der Waals surface area contributed by atoms with Crippen molar-refractivity contribution in [3.8, 4) is 0 Å². The highest BCUT2D eigenvalue weighted by Gasteiger charge is 2.50. The van der Waals surface area contributed by atoms with Crippen molar-refractivity contribution in [2.24, 2.45) is 0 Å². The highest BCUT2D eigenvalue weighted by molar-refractivity contribution is 6.77. The second-order valence-electron chi connectivity index (χ2n) is 8.61. The molecule has 0 spiro atoms. The summed E-state index contributed by atoms with van der Waals surface area (Å²) < 4.78 is 17.7. The molecule has 1 atom stereocenters.